The molecule has 5 heteroatoms. The van der Waals surface area contributed by atoms with Crippen molar-refractivity contribution in [3.05, 3.63) is 59.1 Å². The maximum atomic E-state index is 12.9. The molecule has 0 radical (unpaired) electrons. The summed E-state index contributed by atoms with van der Waals surface area (Å²) in [5.74, 6) is -0.538. The summed E-state index contributed by atoms with van der Waals surface area (Å²) < 4.78 is 0. The van der Waals surface area contributed by atoms with Crippen molar-refractivity contribution in [2.24, 2.45) is 11.8 Å². The van der Waals surface area contributed by atoms with Crippen molar-refractivity contribution >= 4 is 34.8 Å². The number of anilines is 2. The fraction of sp³-hybridized carbons (Fsp3) is 0.300. The van der Waals surface area contributed by atoms with Gasteiger partial charge in [-0.15, -0.1) is 0 Å². The number of amides is 2. The second kappa shape index (κ2) is 6.19. The minimum Gasteiger partial charge on any atom is -0.326 e. The largest absolute Gasteiger partial charge is 0.326 e. The fourth-order valence-electron chi connectivity index (χ4n) is 3.64. The van der Waals surface area contributed by atoms with Crippen LogP contribution >= 0.6 is 11.6 Å². The minimum atomic E-state index is -0.258. The van der Waals surface area contributed by atoms with Crippen molar-refractivity contribution in [2.45, 2.75) is 25.8 Å². The molecule has 0 aromatic heterocycles. The molecule has 0 saturated heterocycles. The van der Waals surface area contributed by atoms with Crippen LogP contribution < -0.4 is 10.2 Å². The Morgan fingerprint density at radius 3 is 2.72 bits per heavy atom. The highest BCUT2D eigenvalue weighted by Crippen LogP contribution is 2.44. The van der Waals surface area contributed by atoms with Gasteiger partial charge < -0.3 is 10.2 Å². The predicted octanol–water partition coefficient (Wildman–Crippen LogP) is 3.89. The number of carbonyl (C=O) groups is 2. The molecule has 2 aliphatic rings. The normalized spacial score (nSPS) is 23.9. The van der Waals surface area contributed by atoms with E-state index in [-0.39, 0.29) is 29.7 Å². The van der Waals surface area contributed by atoms with Crippen LogP contribution in [0.5, 0.6) is 0 Å². The molecule has 128 valence electrons. The third-order valence-corrected chi connectivity index (χ3v) is 5.22. The lowest BCUT2D eigenvalue weighted by atomic mass is 10.1. The number of para-hydroxylation sites is 1. The molecule has 4 nitrogen and oxygen atoms in total. The molecular weight excluding hydrogens is 336 g/mol. The number of rotatable bonds is 3. The second-order valence-electron chi connectivity index (χ2n) is 6.84. The van der Waals surface area contributed by atoms with Crippen LogP contribution in [0.25, 0.3) is 0 Å². The first-order chi connectivity index (χ1) is 12.0. The molecule has 25 heavy (non-hydrogen) atoms. The highest BCUT2D eigenvalue weighted by molar-refractivity contribution is 6.30. The Kier molecular flexibility index (Phi) is 4.00. The Morgan fingerprint density at radius 2 is 1.92 bits per heavy atom. The molecule has 1 aliphatic heterocycles. The standard InChI is InChI=1S/C20H19ClN2O2/c1-12-9-13-5-2-3-8-18(13)23(12)20(25)17-11-16(17)19(24)22-15-7-4-6-14(21)10-15/h2-8,10,12,16-17H,9,11H2,1H3,(H,22,24). The van der Waals surface area contributed by atoms with Crippen molar-refractivity contribution in [1.82, 2.24) is 0 Å². The molecule has 3 unspecified atom stereocenters. The molecule has 3 atom stereocenters. The number of hydrogen-bond donors (Lipinski definition) is 1. The van der Waals surface area contributed by atoms with Crippen LogP contribution in [0.4, 0.5) is 11.4 Å². The van der Waals surface area contributed by atoms with Gasteiger partial charge in [0, 0.05) is 22.4 Å². The van der Waals surface area contributed by atoms with Gasteiger partial charge in [0.15, 0.2) is 0 Å². The lowest BCUT2D eigenvalue weighted by Gasteiger charge is -2.23. The Bertz CT molecular complexity index is 851. The van der Waals surface area contributed by atoms with Crippen molar-refractivity contribution in [2.75, 3.05) is 10.2 Å². The zero-order valence-corrected chi connectivity index (χ0v) is 14.7. The topological polar surface area (TPSA) is 49.4 Å². The number of hydrogen-bond acceptors (Lipinski definition) is 2. The van der Waals surface area contributed by atoms with Gasteiger partial charge in [0.2, 0.25) is 11.8 Å². The number of halogens is 1. The highest BCUT2D eigenvalue weighted by Gasteiger charge is 2.51. The molecule has 2 aromatic carbocycles. The van der Waals surface area contributed by atoms with Crippen molar-refractivity contribution in [1.29, 1.82) is 0 Å². The van der Waals surface area contributed by atoms with Gasteiger partial charge in [-0.3, -0.25) is 9.59 Å². The van der Waals surface area contributed by atoms with Crippen LogP contribution in [-0.2, 0) is 16.0 Å². The van der Waals surface area contributed by atoms with Crippen LogP contribution in [0.15, 0.2) is 48.5 Å². The molecule has 0 bridgehead atoms. The molecule has 0 spiro atoms. The van der Waals surface area contributed by atoms with Crippen LogP contribution in [0.3, 0.4) is 0 Å². The van der Waals surface area contributed by atoms with Crippen LogP contribution in [0.1, 0.15) is 18.9 Å². The molecule has 1 heterocycles. The van der Waals surface area contributed by atoms with Crippen molar-refractivity contribution < 1.29 is 9.59 Å². The summed E-state index contributed by atoms with van der Waals surface area (Å²) in [6.45, 7) is 2.06. The molecular formula is C20H19ClN2O2. The molecule has 2 amide bonds. The Hall–Kier alpha value is -2.33. The molecule has 4 rings (SSSR count). The first-order valence-corrected chi connectivity index (χ1v) is 8.90. The first-order valence-electron chi connectivity index (χ1n) is 8.52. The number of fused-ring (bicyclic) bond motifs is 1. The van der Waals surface area contributed by atoms with E-state index in [1.54, 1.807) is 24.3 Å². The van der Waals surface area contributed by atoms with E-state index in [9.17, 15) is 9.59 Å². The van der Waals surface area contributed by atoms with Gasteiger partial charge in [0.05, 0.1) is 11.8 Å². The summed E-state index contributed by atoms with van der Waals surface area (Å²) >= 11 is 5.94. The monoisotopic (exact) mass is 354 g/mol. The summed E-state index contributed by atoms with van der Waals surface area (Å²) in [5.41, 5.74) is 2.85. The number of nitrogens with one attached hydrogen (secondary N) is 1. The van der Waals surface area contributed by atoms with E-state index in [2.05, 4.69) is 18.3 Å². The van der Waals surface area contributed by atoms with E-state index in [0.29, 0.717) is 17.1 Å². The smallest absolute Gasteiger partial charge is 0.231 e. The van der Waals surface area contributed by atoms with E-state index in [0.717, 1.165) is 12.1 Å². The number of carbonyl (C=O) groups excluding carboxylic acids is 2. The SMILES string of the molecule is CC1Cc2ccccc2N1C(=O)C1CC1C(=O)Nc1cccc(Cl)c1. The average molecular weight is 355 g/mol. The van der Waals surface area contributed by atoms with E-state index >= 15 is 0 Å². The molecule has 1 N–H and O–H groups in total. The van der Waals surface area contributed by atoms with E-state index < -0.39 is 0 Å². The number of nitrogens with zero attached hydrogens (tertiary/aromatic N) is 1. The molecule has 2 aromatic rings. The molecule has 1 aliphatic carbocycles. The maximum Gasteiger partial charge on any atom is 0.231 e. The Morgan fingerprint density at radius 1 is 1.12 bits per heavy atom. The van der Waals surface area contributed by atoms with E-state index in [4.69, 9.17) is 11.6 Å². The first kappa shape index (κ1) is 16.2. The van der Waals surface area contributed by atoms with Crippen molar-refractivity contribution in [3.63, 3.8) is 0 Å². The van der Waals surface area contributed by atoms with Crippen LogP contribution in [0.2, 0.25) is 5.02 Å². The number of benzene rings is 2. The van der Waals surface area contributed by atoms with Gasteiger partial charge in [-0.25, -0.2) is 0 Å². The van der Waals surface area contributed by atoms with Gasteiger partial charge in [0.1, 0.15) is 0 Å². The van der Waals surface area contributed by atoms with E-state index in [1.807, 2.05) is 23.1 Å². The van der Waals surface area contributed by atoms with Gasteiger partial charge in [0.25, 0.3) is 0 Å². The average Bonchev–Trinajstić information content (AvgIpc) is 3.31. The third-order valence-electron chi connectivity index (χ3n) is 4.98. The highest BCUT2D eigenvalue weighted by atomic mass is 35.5. The lowest BCUT2D eigenvalue weighted by Crippen LogP contribution is -2.37. The molecule has 1 fully saturated rings. The summed E-state index contributed by atoms with van der Waals surface area (Å²) in [6.07, 6.45) is 1.48. The third kappa shape index (κ3) is 3.02. The van der Waals surface area contributed by atoms with Gasteiger partial charge in [-0.1, -0.05) is 35.9 Å². The van der Waals surface area contributed by atoms with Crippen LogP contribution in [-0.4, -0.2) is 17.9 Å². The summed E-state index contributed by atoms with van der Waals surface area (Å²) in [6, 6.07) is 15.2. The Balaban J connectivity index is 1.44. The van der Waals surface area contributed by atoms with E-state index in [1.165, 1.54) is 5.56 Å². The van der Waals surface area contributed by atoms with Crippen LogP contribution in [0, 0.1) is 11.8 Å². The van der Waals surface area contributed by atoms with Crippen molar-refractivity contribution in [3.8, 4) is 0 Å². The van der Waals surface area contributed by atoms with Gasteiger partial charge in [-0.05, 0) is 49.6 Å². The Labute approximate surface area is 151 Å². The fourth-order valence-corrected chi connectivity index (χ4v) is 3.83. The maximum absolute atomic E-state index is 12.9. The molecule has 1 saturated carbocycles. The second-order valence-corrected chi connectivity index (χ2v) is 7.27. The minimum absolute atomic E-state index is 0.0590. The summed E-state index contributed by atoms with van der Waals surface area (Å²) in [5, 5.41) is 3.43. The van der Waals surface area contributed by atoms with Gasteiger partial charge in [-0.2, -0.15) is 0 Å². The predicted molar refractivity (Wildman–Crippen MR) is 98.8 cm³/mol. The summed E-state index contributed by atoms with van der Waals surface area (Å²) in [7, 11) is 0. The zero-order valence-electron chi connectivity index (χ0n) is 13.9. The zero-order chi connectivity index (χ0) is 17.6. The van der Waals surface area contributed by atoms with Gasteiger partial charge >= 0.3 is 0 Å². The lowest BCUT2D eigenvalue weighted by molar-refractivity contribution is -0.123. The quantitative estimate of drug-likeness (QED) is 0.909. The summed E-state index contributed by atoms with van der Waals surface area (Å²) in [4.78, 5) is 27.2.